The largest absolute Gasteiger partial charge is 0.220 e. The highest BCUT2D eigenvalue weighted by Crippen LogP contribution is 2.20. The van der Waals surface area contributed by atoms with E-state index in [0.29, 0.717) is 10.7 Å². The van der Waals surface area contributed by atoms with Gasteiger partial charge in [-0.1, -0.05) is 41.9 Å². The Balaban J connectivity index is 2.52. The number of hydrogen-bond donors (Lipinski definition) is 0. The van der Waals surface area contributed by atoms with Gasteiger partial charge in [-0.05, 0) is 6.07 Å². The molecular weight excluding hydrogens is 201 g/mol. The second kappa shape index (κ2) is 3.76. The van der Waals surface area contributed by atoms with E-state index in [1.54, 1.807) is 6.07 Å². The van der Waals surface area contributed by atoms with E-state index in [-0.39, 0.29) is 0 Å². The van der Waals surface area contributed by atoms with Gasteiger partial charge >= 0.3 is 0 Å². The Labute approximate surface area is 86.2 Å². The van der Waals surface area contributed by atoms with E-state index < -0.39 is 5.95 Å². The fraction of sp³-hybridized carbons (Fsp3) is 0. The van der Waals surface area contributed by atoms with Crippen molar-refractivity contribution >= 4 is 11.6 Å². The topological polar surface area (TPSA) is 12.9 Å². The lowest BCUT2D eigenvalue weighted by Gasteiger charge is -2.00. The van der Waals surface area contributed by atoms with Crippen molar-refractivity contribution < 1.29 is 4.39 Å². The zero-order valence-corrected chi connectivity index (χ0v) is 8.00. The van der Waals surface area contributed by atoms with Crippen molar-refractivity contribution in [2.24, 2.45) is 0 Å². The fourth-order valence-electron chi connectivity index (χ4n) is 1.22. The van der Waals surface area contributed by atoms with E-state index in [4.69, 9.17) is 11.6 Å². The van der Waals surface area contributed by atoms with Gasteiger partial charge in [-0.25, -0.2) is 4.98 Å². The zero-order valence-electron chi connectivity index (χ0n) is 7.24. The smallest absolute Gasteiger partial charge is 0.214 e. The van der Waals surface area contributed by atoms with E-state index in [1.165, 1.54) is 6.07 Å². The molecule has 1 heterocycles. The third-order valence-corrected chi connectivity index (χ3v) is 2.05. The molecule has 0 unspecified atom stereocenters. The van der Waals surface area contributed by atoms with E-state index in [0.717, 1.165) is 5.56 Å². The van der Waals surface area contributed by atoms with Crippen LogP contribution in [-0.4, -0.2) is 4.98 Å². The minimum Gasteiger partial charge on any atom is -0.220 e. The van der Waals surface area contributed by atoms with Crippen molar-refractivity contribution in [2.75, 3.05) is 0 Å². The molecule has 0 saturated heterocycles. The van der Waals surface area contributed by atoms with Gasteiger partial charge in [0.2, 0.25) is 5.95 Å². The second-order valence-corrected chi connectivity index (χ2v) is 3.30. The molecule has 0 atom stereocenters. The van der Waals surface area contributed by atoms with Gasteiger partial charge in [-0.3, -0.25) is 0 Å². The summed E-state index contributed by atoms with van der Waals surface area (Å²) in [6.07, 6.45) is 0. The van der Waals surface area contributed by atoms with Crippen LogP contribution in [0.1, 0.15) is 0 Å². The molecule has 3 heteroatoms. The standard InChI is InChI=1S/C11H7ClFN/c12-9-6-10(14-11(13)7-9)8-4-2-1-3-5-8/h1-7H. The highest BCUT2D eigenvalue weighted by molar-refractivity contribution is 6.30. The summed E-state index contributed by atoms with van der Waals surface area (Å²) in [6.45, 7) is 0. The number of halogens is 2. The average molecular weight is 208 g/mol. The minimum absolute atomic E-state index is 0.358. The molecule has 0 saturated carbocycles. The lowest BCUT2D eigenvalue weighted by molar-refractivity contribution is 0.585. The molecule has 2 aromatic rings. The fourth-order valence-corrected chi connectivity index (χ4v) is 1.42. The summed E-state index contributed by atoms with van der Waals surface area (Å²) in [7, 11) is 0. The summed E-state index contributed by atoms with van der Waals surface area (Å²) in [5.41, 5.74) is 1.41. The highest BCUT2D eigenvalue weighted by Gasteiger charge is 2.02. The first-order valence-corrected chi connectivity index (χ1v) is 4.52. The van der Waals surface area contributed by atoms with Crippen LogP contribution >= 0.6 is 11.6 Å². The van der Waals surface area contributed by atoms with Crippen LogP contribution in [-0.2, 0) is 0 Å². The Morgan fingerprint density at radius 3 is 2.43 bits per heavy atom. The van der Waals surface area contributed by atoms with Crippen molar-refractivity contribution in [3.63, 3.8) is 0 Å². The van der Waals surface area contributed by atoms with Gasteiger partial charge in [0.05, 0.1) is 5.69 Å². The summed E-state index contributed by atoms with van der Waals surface area (Å²) in [5.74, 6) is -0.559. The molecule has 1 aromatic carbocycles. The van der Waals surface area contributed by atoms with Gasteiger partial charge < -0.3 is 0 Å². The molecule has 1 nitrogen and oxygen atoms in total. The van der Waals surface area contributed by atoms with Crippen LogP contribution in [0.15, 0.2) is 42.5 Å². The van der Waals surface area contributed by atoms with Gasteiger partial charge in [-0.15, -0.1) is 0 Å². The van der Waals surface area contributed by atoms with E-state index >= 15 is 0 Å². The molecule has 0 aliphatic rings. The Hall–Kier alpha value is -1.41. The first kappa shape index (κ1) is 9.16. The molecule has 0 aliphatic carbocycles. The van der Waals surface area contributed by atoms with Crippen LogP contribution < -0.4 is 0 Å². The van der Waals surface area contributed by atoms with Gasteiger partial charge in [0, 0.05) is 16.7 Å². The molecule has 0 N–H and O–H groups in total. The van der Waals surface area contributed by atoms with E-state index in [9.17, 15) is 4.39 Å². The Morgan fingerprint density at radius 1 is 1.07 bits per heavy atom. The molecule has 0 radical (unpaired) electrons. The monoisotopic (exact) mass is 207 g/mol. The number of aromatic nitrogens is 1. The molecule has 0 fully saturated rings. The summed E-state index contributed by atoms with van der Waals surface area (Å²) < 4.78 is 12.9. The van der Waals surface area contributed by atoms with Gasteiger partial charge in [0.15, 0.2) is 0 Å². The Morgan fingerprint density at radius 2 is 1.79 bits per heavy atom. The highest BCUT2D eigenvalue weighted by atomic mass is 35.5. The molecule has 1 aromatic heterocycles. The Bertz CT molecular complexity index is 422. The molecular formula is C11H7ClFN. The summed E-state index contributed by atoms with van der Waals surface area (Å²) >= 11 is 5.72. The maximum atomic E-state index is 12.9. The summed E-state index contributed by atoms with van der Waals surface area (Å²) in [5, 5.41) is 0.358. The van der Waals surface area contributed by atoms with Crippen molar-refractivity contribution in [3.05, 3.63) is 53.4 Å². The quantitative estimate of drug-likeness (QED) is 0.652. The van der Waals surface area contributed by atoms with Crippen LogP contribution in [0, 0.1) is 5.95 Å². The summed E-state index contributed by atoms with van der Waals surface area (Å²) in [6, 6.07) is 12.2. The molecule has 70 valence electrons. The number of hydrogen-bond acceptors (Lipinski definition) is 1. The molecule has 0 bridgehead atoms. The number of rotatable bonds is 1. The number of pyridine rings is 1. The zero-order chi connectivity index (χ0) is 9.97. The van der Waals surface area contributed by atoms with Crippen molar-refractivity contribution in [3.8, 4) is 11.3 Å². The van der Waals surface area contributed by atoms with E-state index in [1.807, 2.05) is 30.3 Å². The van der Waals surface area contributed by atoms with Crippen molar-refractivity contribution in [1.29, 1.82) is 0 Å². The maximum absolute atomic E-state index is 12.9. The van der Waals surface area contributed by atoms with Crippen LogP contribution in [0.25, 0.3) is 11.3 Å². The van der Waals surface area contributed by atoms with E-state index in [2.05, 4.69) is 4.98 Å². The molecule has 0 amide bonds. The predicted molar refractivity (Wildman–Crippen MR) is 54.6 cm³/mol. The third-order valence-electron chi connectivity index (χ3n) is 1.83. The first-order valence-electron chi connectivity index (χ1n) is 4.14. The molecule has 0 aliphatic heterocycles. The van der Waals surface area contributed by atoms with Crippen LogP contribution in [0.2, 0.25) is 5.02 Å². The average Bonchev–Trinajstić information content (AvgIpc) is 2.18. The third kappa shape index (κ3) is 1.91. The predicted octanol–water partition coefficient (Wildman–Crippen LogP) is 3.54. The van der Waals surface area contributed by atoms with Crippen LogP contribution in [0.3, 0.4) is 0 Å². The molecule has 2 rings (SSSR count). The number of nitrogens with zero attached hydrogens (tertiary/aromatic N) is 1. The lowest BCUT2D eigenvalue weighted by Crippen LogP contribution is -1.87. The maximum Gasteiger partial charge on any atom is 0.214 e. The SMILES string of the molecule is Fc1cc(Cl)cc(-c2ccccc2)n1. The lowest BCUT2D eigenvalue weighted by atomic mass is 10.1. The normalized spacial score (nSPS) is 10.1. The van der Waals surface area contributed by atoms with Gasteiger partial charge in [-0.2, -0.15) is 4.39 Å². The van der Waals surface area contributed by atoms with Crippen molar-refractivity contribution in [1.82, 2.24) is 4.98 Å². The number of benzene rings is 1. The van der Waals surface area contributed by atoms with Crippen LogP contribution in [0.5, 0.6) is 0 Å². The Kier molecular flexibility index (Phi) is 2.46. The van der Waals surface area contributed by atoms with Crippen LogP contribution in [0.4, 0.5) is 4.39 Å². The van der Waals surface area contributed by atoms with Gasteiger partial charge in [0.1, 0.15) is 0 Å². The molecule has 14 heavy (non-hydrogen) atoms. The first-order chi connectivity index (χ1) is 6.75. The molecule has 0 spiro atoms. The van der Waals surface area contributed by atoms with Gasteiger partial charge in [0.25, 0.3) is 0 Å². The second-order valence-electron chi connectivity index (χ2n) is 2.86. The minimum atomic E-state index is -0.559. The van der Waals surface area contributed by atoms with Crippen molar-refractivity contribution in [2.45, 2.75) is 0 Å². The summed E-state index contributed by atoms with van der Waals surface area (Å²) in [4.78, 5) is 3.75.